The number of furan rings is 1. The van der Waals surface area contributed by atoms with Crippen molar-refractivity contribution < 1.29 is 13.9 Å². The summed E-state index contributed by atoms with van der Waals surface area (Å²) in [5.41, 5.74) is 3.30. The zero-order valence-electron chi connectivity index (χ0n) is 18.9. The lowest BCUT2D eigenvalue weighted by molar-refractivity contribution is 0.0367. The smallest absolute Gasteiger partial charge is 0.338 e. The number of carbonyl (C=O) groups is 1. The van der Waals surface area contributed by atoms with Crippen molar-refractivity contribution in [3.8, 4) is 11.5 Å². The molecular weight excluding hydrogens is 402 g/mol. The number of para-hydroxylation sites is 1. The van der Waals surface area contributed by atoms with E-state index in [-0.39, 0.29) is 11.4 Å². The van der Waals surface area contributed by atoms with Gasteiger partial charge in [0.2, 0.25) is 0 Å². The van der Waals surface area contributed by atoms with E-state index in [1.54, 1.807) is 12.1 Å². The molecule has 1 aliphatic rings. The number of anilines is 1. The van der Waals surface area contributed by atoms with Crippen LogP contribution in [0.5, 0.6) is 0 Å². The minimum Gasteiger partial charge on any atom is -0.462 e. The van der Waals surface area contributed by atoms with E-state index in [0.717, 1.165) is 29.6 Å². The third-order valence-electron chi connectivity index (χ3n) is 5.61. The number of benzene rings is 2. The molecule has 32 heavy (non-hydrogen) atoms. The topological polar surface area (TPSA) is 68.5 Å². The second-order valence-electron chi connectivity index (χ2n) is 9.73. The number of esters is 1. The van der Waals surface area contributed by atoms with Gasteiger partial charge in [-0.05, 0) is 48.6 Å². The second-order valence-corrected chi connectivity index (χ2v) is 9.73. The van der Waals surface area contributed by atoms with Crippen molar-refractivity contribution in [1.29, 1.82) is 0 Å². The Labute approximate surface area is 187 Å². The van der Waals surface area contributed by atoms with Gasteiger partial charge in [0.05, 0.1) is 23.2 Å². The van der Waals surface area contributed by atoms with Crippen LogP contribution in [-0.4, -0.2) is 35.6 Å². The normalized spacial score (nSPS) is 14.1. The maximum absolute atomic E-state index is 12.6. The molecule has 1 saturated carbocycles. The van der Waals surface area contributed by atoms with Gasteiger partial charge in [-0.1, -0.05) is 39.0 Å². The highest BCUT2D eigenvalue weighted by molar-refractivity contribution is 5.95. The van der Waals surface area contributed by atoms with Crippen molar-refractivity contribution in [1.82, 2.24) is 9.97 Å². The van der Waals surface area contributed by atoms with E-state index in [4.69, 9.17) is 19.1 Å². The van der Waals surface area contributed by atoms with Crippen LogP contribution in [0.4, 0.5) is 5.82 Å². The van der Waals surface area contributed by atoms with Crippen molar-refractivity contribution in [2.45, 2.75) is 39.7 Å². The predicted octanol–water partition coefficient (Wildman–Crippen LogP) is 5.84. The molecule has 5 rings (SSSR count). The van der Waals surface area contributed by atoms with Gasteiger partial charge in [0.25, 0.3) is 0 Å². The number of hydrogen-bond donors (Lipinski definition) is 0. The molecule has 0 bridgehead atoms. The molecule has 0 amide bonds. The highest BCUT2D eigenvalue weighted by Gasteiger charge is 2.30. The summed E-state index contributed by atoms with van der Waals surface area (Å²) < 4.78 is 11.6. The SMILES string of the molecule is CN(c1nc2cc(C(=O)OCC(C)(C)C)ccc2nc1-c1cc2ccccc2o1)C1CC1. The van der Waals surface area contributed by atoms with Crippen molar-refractivity contribution >= 4 is 33.8 Å². The van der Waals surface area contributed by atoms with Crippen LogP contribution in [0.1, 0.15) is 44.0 Å². The number of carbonyl (C=O) groups excluding carboxylic acids is 1. The van der Waals surface area contributed by atoms with Gasteiger partial charge in [0, 0.05) is 18.5 Å². The monoisotopic (exact) mass is 429 g/mol. The number of aromatic nitrogens is 2. The zero-order chi connectivity index (χ0) is 22.5. The molecule has 2 heterocycles. The summed E-state index contributed by atoms with van der Waals surface area (Å²) in [6, 6.07) is 15.7. The van der Waals surface area contributed by atoms with E-state index >= 15 is 0 Å². The van der Waals surface area contributed by atoms with Crippen LogP contribution in [0.15, 0.2) is 52.9 Å². The first kappa shape index (κ1) is 20.5. The molecule has 0 atom stereocenters. The molecule has 1 aliphatic carbocycles. The first-order chi connectivity index (χ1) is 15.3. The Kier molecular flexibility index (Phi) is 4.88. The summed E-state index contributed by atoms with van der Waals surface area (Å²) >= 11 is 0. The van der Waals surface area contributed by atoms with Crippen molar-refractivity contribution in [2.24, 2.45) is 5.41 Å². The molecule has 6 heteroatoms. The predicted molar refractivity (Wildman–Crippen MR) is 126 cm³/mol. The summed E-state index contributed by atoms with van der Waals surface area (Å²) in [6.07, 6.45) is 2.27. The van der Waals surface area contributed by atoms with E-state index < -0.39 is 0 Å². The lowest BCUT2D eigenvalue weighted by Gasteiger charge is -2.20. The Morgan fingerprint density at radius 3 is 2.59 bits per heavy atom. The maximum atomic E-state index is 12.6. The van der Waals surface area contributed by atoms with Gasteiger partial charge in [0.1, 0.15) is 11.3 Å². The Morgan fingerprint density at radius 2 is 1.88 bits per heavy atom. The fraction of sp³-hybridized carbons (Fsp3) is 0.346. The fourth-order valence-corrected chi connectivity index (χ4v) is 3.68. The minimum atomic E-state index is -0.345. The molecule has 164 valence electrons. The number of nitrogens with zero attached hydrogens (tertiary/aromatic N) is 3. The van der Waals surface area contributed by atoms with Crippen molar-refractivity contribution in [3.05, 3.63) is 54.1 Å². The first-order valence-corrected chi connectivity index (χ1v) is 11.0. The molecule has 1 fully saturated rings. The van der Waals surface area contributed by atoms with Gasteiger partial charge < -0.3 is 14.1 Å². The van der Waals surface area contributed by atoms with Crippen LogP contribution in [-0.2, 0) is 4.74 Å². The Balaban J connectivity index is 1.58. The summed E-state index contributed by atoms with van der Waals surface area (Å²) in [4.78, 5) is 24.6. The Bertz CT molecular complexity index is 1280. The molecule has 6 nitrogen and oxygen atoms in total. The molecule has 0 saturated heterocycles. The minimum absolute atomic E-state index is 0.0893. The highest BCUT2D eigenvalue weighted by atomic mass is 16.5. The summed E-state index contributed by atoms with van der Waals surface area (Å²) in [7, 11) is 2.04. The van der Waals surface area contributed by atoms with Crippen molar-refractivity contribution in [3.63, 3.8) is 0 Å². The van der Waals surface area contributed by atoms with Crippen LogP contribution < -0.4 is 4.90 Å². The van der Waals surface area contributed by atoms with E-state index in [1.165, 1.54) is 0 Å². The standard InChI is InChI=1S/C26H27N3O3/c1-26(2,3)15-31-25(30)17-9-12-19-20(13-17)28-24(29(4)18-10-11-18)23(27-19)22-14-16-7-5-6-8-21(16)32-22/h5-9,12-14,18H,10-11,15H2,1-4H3. The van der Waals surface area contributed by atoms with Crippen molar-refractivity contribution in [2.75, 3.05) is 18.6 Å². The Morgan fingerprint density at radius 1 is 1.09 bits per heavy atom. The van der Waals surface area contributed by atoms with Gasteiger partial charge in [-0.25, -0.2) is 14.8 Å². The molecule has 0 radical (unpaired) electrons. The molecular formula is C26H27N3O3. The molecule has 0 spiro atoms. The molecule has 0 aliphatic heterocycles. The summed E-state index contributed by atoms with van der Waals surface area (Å²) in [6.45, 7) is 6.46. The van der Waals surface area contributed by atoms with E-state index in [1.807, 2.05) is 64.2 Å². The number of hydrogen-bond acceptors (Lipinski definition) is 6. The van der Waals surface area contributed by atoms with Gasteiger partial charge in [0.15, 0.2) is 11.6 Å². The van der Waals surface area contributed by atoms with Gasteiger partial charge in [-0.2, -0.15) is 0 Å². The quantitative estimate of drug-likeness (QED) is 0.371. The van der Waals surface area contributed by atoms with Gasteiger partial charge in [-0.3, -0.25) is 0 Å². The maximum Gasteiger partial charge on any atom is 0.338 e. The fourth-order valence-electron chi connectivity index (χ4n) is 3.68. The second kappa shape index (κ2) is 7.62. The van der Waals surface area contributed by atoms with Crippen LogP contribution >= 0.6 is 0 Å². The van der Waals surface area contributed by atoms with Crippen LogP contribution in [0.25, 0.3) is 33.5 Å². The molecule has 2 aromatic heterocycles. The highest BCUT2D eigenvalue weighted by Crippen LogP contribution is 2.37. The van der Waals surface area contributed by atoms with Gasteiger partial charge in [-0.15, -0.1) is 0 Å². The van der Waals surface area contributed by atoms with E-state index in [0.29, 0.717) is 40.7 Å². The summed E-state index contributed by atoms with van der Waals surface area (Å²) in [5.74, 6) is 1.11. The zero-order valence-corrected chi connectivity index (χ0v) is 18.9. The van der Waals surface area contributed by atoms with E-state index in [9.17, 15) is 4.79 Å². The molecule has 4 aromatic rings. The molecule has 0 unspecified atom stereocenters. The third-order valence-corrected chi connectivity index (χ3v) is 5.61. The average molecular weight is 430 g/mol. The molecule has 0 N–H and O–H groups in total. The number of ether oxygens (including phenoxy) is 1. The van der Waals surface area contributed by atoms with E-state index in [2.05, 4.69) is 4.90 Å². The Hall–Kier alpha value is -3.41. The van der Waals surface area contributed by atoms with Crippen LogP contribution in [0.3, 0.4) is 0 Å². The average Bonchev–Trinajstić information content (AvgIpc) is 3.53. The largest absolute Gasteiger partial charge is 0.462 e. The first-order valence-electron chi connectivity index (χ1n) is 11.0. The third kappa shape index (κ3) is 4.05. The molecule has 2 aromatic carbocycles. The number of rotatable bonds is 5. The summed E-state index contributed by atoms with van der Waals surface area (Å²) in [5, 5.41) is 1.03. The van der Waals surface area contributed by atoms with Crippen LogP contribution in [0, 0.1) is 5.41 Å². The lowest BCUT2D eigenvalue weighted by atomic mass is 9.99. The van der Waals surface area contributed by atoms with Crippen LogP contribution in [0.2, 0.25) is 0 Å². The number of fused-ring (bicyclic) bond motifs is 2. The lowest BCUT2D eigenvalue weighted by Crippen LogP contribution is -2.22. The van der Waals surface area contributed by atoms with Gasteiger partial charge >= 0.3 is 5.97 Å².